The Hall–Kier alpha value is -2.72. The summed E-state index contributed by atoms with van der Waals surface area (Å²) in [5, 5.41) is 15.4. The molecule has 0 aliphatic heterocycles. The molecule has 0 unspecified atom stereocenters. The summed E-state index contributed by atoms with van der Waals surface area (Å²) in [4.78, 5) is 39.4. The van der Waals surface area contributed by atoms with Gasteiger partial charge in [0, 0.05) is 40.7 Å². The van der Waals surface area contributed by atoms with Gasteiger partial charge in [0.05, 0.1) is 16.4 Å². The number of rotatable bonds is 6. The number of fused-ring (bicyclic) bond motifs is 1. The van der Waals surface area contributed by atoms with Crippen LogP contribution in [0.25, 0.3) is 4.96 Å². The molecule has 3 aromatic rings. The second-order valence-electron chi connectivity index (χ2n) is 5.44. The van der Waals surface area contributed by atoms with Crippen molar-refractivity contribution in [2.24, 2.45) is 0 Å². The number of nitro groups is 1. The highest BCUT2D eigenvalue weighted by molar-refractivity contribution is 7.99. The van der Waals surface area contributed by atoms with Crippen LogP contribution in [-0.4, -0.2) is 26.0 Å². The van der Waals surface area contributed by atoms with E-state index in [0.29, 0.717) is 27.7 Å². The van der Waals surface area contributed by atoms with Gasteiger partial charge in [-0.25, -0.2) is 4.98 Å². The van der Waals surface area contributed by atoms with Crippen molar-refractivity contribution >= 4 is 45.3 Å². The molecule has 8 nitrogen and oxygen atoms in total. The smallest absolute Gasteiger partial charge is 0.274 e. The predicted octanol–water partition coefficient (Wildman–Crippen LogP) is 2.84. The Bertz CT molecular complexity index is 1040. The zero-order valence-electron chi connectivity index (χ0n) is 13.7. The number of carbonyl (C=O) groups excluding carboxylic acids is 1. The highest BCUT2D eigenvalue weighted by atomic mass is 32.2. The van der Waals surface area contributed by atoms with Gasteiger partial charge in [-0.15, -0.1) is 23.1 Å². The third-order valence-electron chi connectivity index (χ3n) is 3.53. The molecular weight excluding hydrogens is 376 g/mol. The van der Waals surface area contributed by atoms with E-state index in [1.807, 2.05) is 0 Å². The molecule has 0 atom stereocenters. The van der Waals surface area contributed by atoms with Crippen LogP contribution in [0.1, 0.15) is 11.3 Å². The van der Waals surface area contributed by atoms with Crippen molar-refractivity contribution in [3.63, 3.8) is 0 Å². The summed E-state index contributed by atoms with van der Waals surface area (Å²) >= 11 is 2.69. The first-order chi connectivity index (χ1) is 12.4. The summed E-state index contributed by atoms with van der Waals surface area (Å²) in [5.41, 5.74) is 1.34. The zero-order valence-corrected chi connectivity index (χ0v) is 15.3. The van der Waals surface area contributed by atoms with Gasteiger partial charge in [-0.2, -0.15) is 0 Å². The van der Waals surface area contributed by atoms with E-state index >= 15 is 0 Å². The molecule has 1 N–H and O–H groups in total. The number of thiazole rings is 1. The van der Waals surface area contributed by atoms with Gasteiger partial charge in [0.2, 0.25) is 5.91 Å². The number of aromatic nitrogens is 2. The Morgan fingerprint density at radius 3 is 3.00 bits per heavy atom. The summed E-state index contributed by atoms with van der Waals surface area (Å²) in [5.74, 6) is 0.292. The van der Waals surface area contributed by atoms with Crippen LogP contribution < -0.4 is 10.9 Å². The van der Waals surface area contributed by atoms with Crippen LogP contribution in [0.4, 0.5) is 11.4 Å². The van der Waals surface area contributed by atoms with Gasteiger partial charge in [0.25, 0.3) is 11.2 Å². The maximum Gasteiger partial charge on any atom is 0.274 e. The number of nitrogens with zero attached hydrogens (tertiary/aromatic N) is 3. The summed E-state index contributed by atoms with van der Waals surface area (Å²) in [6, 6.07) is 6.01. The molecule has 3 rings (SSSR count). The van der Waals surface area contributed by atoms with E-state index in [9.17, 15) is 19.7 Å². The molecule has 0 aliphatic rings. The van der Waals surface area contributed by atoms with Crippen LogP contribution in [0.5, 0.6) is 0 Å². The molecule has 0 spiro atoms. The van der Waals surface area contributed by atoms with Gasteiger partial charge in [0.1, 0.15) is 0 Å². The van der Waals surface area contributed by atoms with Crippen molar-refractivity contribution in [1.29, 1.82) is 0 Å². The van der Waals surface area contributed by atoms with E-state index in [2.05, 4.69) is 10.3 Å². The average Bonchev–Trinajstić information content (AvgIpc) is 3.05. The molecule has 1 aromatic carbocycles. The predicted molar refractivity (Wildman–Crippen MR) is 102 cm³/mol. The monoisotopic (exact) mass is 390 g/mol. The van der Waals surface area contributed by atoms with Gasteiger partial charge >= 0.3 is 0 Å². The largest absolute Gasteiger partial charge is 0.325 e. The van der Waals surface area contributed by atoms with Crippen molar-refractivity contribution in [1.82, 2.24) is 9.38 Å². The first-order valence-electron chi connectivity index (χ1n) is 7.52. The molecule has 0 aliphatic carbocycles. The van der Waals surface area contributed by atoms with Crippen LogP contribution in [0, 0.1) is 17.0 Å². The number of benzene rings is 1. The summed E-state index contributed by atoms with van der Waals surface area (Å²) in [6.45, 7) is 1.64. The lowest BCUT2D eigenvalue weighted by molar-refractivity contribution is -0.385. The summed E-state index contributed by atoms with van der Waals surface area (Å²) < 4.78 is 1.47. The molecule has 2 heterocycles. The van der Waals surface area contributed by atoms with E-state index in [1.54, 1.807) is 30.6 Å². The fourth-order valence-electron chi connectivity index (χ4n) is 2.29. The van der Waals surface area contributed by atoms with Crippen LogP contribution in [-0.2, 0) is 10.5 Å². The number of nitrogens with one attached hydrogen (secondary N) is 1. The molecule has 0 fully saturated rings. The van der Waals surface area contributed by atoms with E-state index in [4.69, 9.17) is 0 Å². The summed E-state index contributed by atoms with van der Waals surface area (Å²) in [6.07, 6.45) is 1.67. The Labute approximate surface area is 156 Å². The zero-order chi connectivity index (χ0) is 18.7. The molecule has 1 amide bonds. The van der Waals surface area contributed by atoms with Crippen LogP contribution in [0.2, 0.25) is 0 Å². The topological polar surface area (TPSA) is 107 Å². The normalized spacial score (nSPS) is 10.8. The van der Waals surface area contributed by atoms with Crippen LogP contribution in [0.15, 0.2) is 40.6 Å². The van der Waals surface area contributed by atoms with Crippen molar-refractivity contribution in [3.05, 3.63) is 67.6 Å². The number of amides is 1. The number of nitro benzene ring substituents is 1. The Kier molecular flexibility index (Phi) is 5.33. The maximum absolute atomic E-state index is 12.0. The quantitative estimate of drug-likeness (QED) is 0.512. The molecule has 26 heavy (non-hydrogen) atoms. The van der Waals surface area contributed by atoms with E-state index in [1.165, 1.54) is 39.6 Å². The number of thioether (sulfide) groups is 1. The van der Waals surface area contributed by atoms with Gasteiger partial charge in [-0.05, 0) is 13.0 Å². The van der Waals surface area contributed by atoms with Crippen LogP contribution >= 0.6 is 23.1 Å². The molecular formula is C16H14N4O4S2. The van der Waals surface area contributed by atoms with Crippen molar-refractivity contribution in [2.45, 2.75) is 12.7 Å². The van der Waals surface area contributed by atoms with E-state index < -0.39 is 4.92 Å². The van der Waals surface area contributed by atoms with Crippen molar-refractivity contribution in [2.75, 3.05) is 11.1 Å². The van der Waals surface area contributed by atoms with Crippen LogP contribution in [0.3, 0.4) is 0 Å². The van der Waals surface area contributed by atoms with E-state index in [-0.39, 0.29) is 22.9 Å². The standard InChI is InChI=1S/C16H14N4O4S2/c1-10-2-3-11(6-13(10)20(23)24)17-14(21)9-25-8-12-7-15(22)19-4-5-26-16(19)18-12/h2-7H,8-9H2,1H3,(H,17,21). The number of hydrogen-bond acceptors (Lipinski definition) is 7. The van der Waals surface area contributed by atoms with Gasteiger partial charge < -0.3 is 5.32 Å². The highest BCUT2D eigenvalue weighted by Crippen LogP contribution is 2.22. The lowest BCUT2D eigenvalue weighted by atomic mass is 10.2. The van der Waals surface area contributed by atoms with Gasteiger partial charge in [0.15, 0.2) is 4.96 Å². The van der Waals surface area contributed by atoms with E-state index in [0.717, 1.165) is 0 Å². The molecule has 134 valence electrons. The number of anilines is 1. The first kappa shape index (κ1) is 18.1. The first-order valence-corrected chi connectivity index (χ1v) is 9.56. The van der Waals surface area contributed by atoms with Gasteiger partial charge in [-0.3, -0.25) is 24.1 Å². The number of hydrogen-bond donors (Lipinski definition) is 1. The lowest BCUT2D eigenvalue weighted by Crippen LogP contribution is -2.15. The maximum atomic E-state index is 12.0. The summed E-state index contributed by atoms with van der Waals surface area (Å²) in [7, 11) is 0. The van der Waals surface area contributed by atoms with Crippen molar-refractivity contribution in [3.8, 4) is 0 Å². The second-order valence-corrected chi connectivity index (χ2v) is 7.30. The average molecular weight is 390 g/mol. The SMILES string of the molecule is Cc1ccc(NC(=O)CSCc2cc(=O)n3ccsc3n2)cc1[N+](=O)[O-]. The molecule has 0 saturated carbocycles. The minimum Gasteiger partial charge on any atom is -0.325 e. The molecule has 0 bridgehead atoms. The molecule has 0 radical (unpaired) electrons. The number of aryl methyl sites for hydroxylation is 1. The van der Waals surface area contributed by atoms with Crippen molar-refractivity contribution < 1.29 is 9.72 Å². The lowest BCUT2D eigenvalue weighted by Gasteiger charge is -2.06. The molecule has 0 saturated heterocycles. The molecule has 10 heteroatoms. The Morgan fingerprint density at radius 1 is 1.42 bits per heavy atom. The third-order valence-corrected chi connectivity index (χ3v) is 5.25. The Balaban J connectivity index is 1.58. The molecule has 2 aromatic heterocycles. The third kappa shape index (κ3) is 4.09. The Morgan fingerprint density at radius 2 is 2.23 bits per heavy atom. The fraction of sp³-hybridized carbons (Fsp3) is 0.188. The fourth-order valence-corrected chi connectivity index (χ4v) is 3.75. The van der Waals surface area contributed by atoms with Gasteiger partial charge in [-0.1, -0.05) is 6.07 Å². The highest BCUT2D eigenvalue weighted by Gasteiger charge is 2.12. The second kappa shape index (κ2) is 7.67. The minimum absolute atomic E-state index is 0.0376. The minimum atomic E-state index is -0.481. The number of carbonyl (C=O) groups is 1.